The molecule has 1 heterocycles. The molecule has 2 aromatic carbocycles. The summed E-state index contributed by atoms with van der Waals surface area (Å²) in [5, 5.41) is 4.08. The number of halogens is 1. The molecule has 3 rings (SSSR count). The van der Waals surface area contributed by atoms with Crippen molar-refractivity contribution in [3.05, 3.63) is 69.1 Å². The van der Waals surface area contributed by atoms with Crippen molar-refractivity contribution >= 4 is 34.0 Å². The summed E-state index contributed by atoms with van der Waals surface area (Å²) in [6, 6.07) is 13.3. The highest BCUT2D eigenvalue weighted by Gasteiger charge is 2.17. The molecule has 1 aromatic heterocycles. The van der Waals surface area contributed by atoms with E-state index in [1.807, 2.05) is 0 Å². The number of hydrogen-bond donors (Lipinski definition) is 1. The van der Waals surface area contributed by atoms with Gasteiger partial charge in [0.1, 0.15) is 0 Å². The van der Waals surface area contributed by atoms with Crippen LogP contribution in [0.5, 0.6) is 0 Å². The Morgan fingerprint density at radius 3 is 2.73 bits per heavy atom. The van der Waals surface area contributed by atoms with Gasteiger partial charge in [-0.25, -0.2) is 4.98 Å². The Morgan fingerprint density at radius 1 is 1.19 bits per heavy atom. The first-order chi connectivity index (χ1) is 12.5. The number of thiazole rings is 1. The van der Waals surface area contributed by atoms with Crippen LogP contribution in [0.15, 0.2) is 42.5 Å². The Balaban J connectivity index is 1.94. The van der Waals surface area contributed by atoms with Crippen molar-refractivity contribution in [2.45, 2.75) is 33.6 Å². The summed E-state index contributed by atoms with van der Waals surface area (Å²) in [6.07, 6.45) is 1.97. The molecular formula is C21H21ClN2OS. The number of nitrogens with zero attached hydrogens (tertiary/aromatic N) is 1. The van der Waals surface area contributed by atoms with Gasteiger partial charge in [-0.05, 0) is 50.1 Å². The van der Waals surface area contributed by atoms with Gasteiger partial charge >= 0.3 is 0 Å². The topological polar surface area (TPSA) is 42.0 Å². The van der Waals surface area contributed by atoms with E-state index in [0.29, 0.717) is 15.7 Å². The molecule has 0 bridgehead atoms. The van der Waals surface area contributed by atoms with E-state index in [1.54, 1.807) is 35.6 Å². The molecule has 5 heteroatoms. The molecule has 1 N–H and O–H groups in total. The lowest BCUT2D eigenvalue weighted by molar-refractivity contribution is 0.102. The van der Waals surface area contributed by atoms with Crippen LogP contribution in [0.2, 0.25) is 5.02 Å². The predicted octanol–water partition coefficient (Wildman–Crippen LogP) is 6.29. The van der Waals surface area contributed by atoms with Crippen LogP contribution >= 0.6 is 22.9 Å². The number of hydrogen-bond acceptors (Lipinski definition) is 3. The molecular weight excluding hydrogens is 364 g/mol. The van der Waals surface area contributed by atoms with Crippen LogP contribution in [0, 0.1) is 13.8 Å². The van der Waals surface area contributed by atoms with E-state index in [-0.39, 0.29) is 5.91 Å². The minimum absolute atomic E-state index is 0.197. The number of carbonyl (C=O) groups is 1. The summed E-state index contributed by atoms with van der Waals surface area (Å²) in [6.45, 7) is 6.32. The monoisotopic (exact) mass is 384 g/mol. The first-order valence-electron chi connectivity index (χ1n) is 8.62. The Labute approximate surface area is 163 Å². The summed E-state index contributed by atoms with van der Waals surface area (Å²) >= 11 is 7.53. The average Bonchev–Trinajstić information content (AvgIpc) is 2.99. The van der Waals surface area contributed by atoms with Crippen molar-refractivity contribution in [1.82, 2.24) is 4.98 Å². The van der Waals surface area contributed by atoms with Gasteiger partial charge in [-0.1, -0.05) is 48.7 Å². The number of nitrogens with one attached hydrogen (secondary N) is 1. The lowest BCUT2D eigenvalue weighted by Gasteiger charge is -2.06. The highest BCUT2D eigenvalue weighted by Crippen LogP contribution is 2.34. The third-order valence-corrected chi connectivity index (χ3v) is 5.40. The molecule has 0 aliphatic carbocycles. The first-order valence-corrected chi connectivity index (χ1v) is 9.81. The molecule has 0 spiro atoms. The third kappa shape index (κ3) is 4.14. The fourth-order valence-corrected chi connectivity index (χ4v) is 4.06. The number of carbonyl (C=O) groups excluding carboxylic acids is 1. The summed E-state index contributed by atoms with van der Waals surface area (Å²) < 4.78 is 0. The van der Waals surface area contributed by atoms with Crippen molar-refractivity contribution in [3.63, 3.8) is 0 Å². The molecule has 0 aliphatic heterocycles. The quantitative estimate of drug-likeness (QED) is 0.562. The maximum absolute atomic E-state index is 12.5. The minimum Gasteiger partial charge on any atom is -0.298 e. The average molecular weight is 385 g/mol. The molecule has 0 aliphatic rings. The number of rotatable bonds is 5. The van der Waals surface area contributed by atoms with E-state index in [1.165, 1.54) is 16.0 Å². The highest BCUT2D eigenvalue weighted by atomic mass is 35.5. The molecule has 3 aromatic rings. The summed E-state index contributed by atoms with van der Waals surface area (Å²) in [7, 11) is 0. The molecule has 0 saturated heterocycles. The Kier molecular flexibility index (Phi) is 5.74. The predicted molar refractivity (Wildman–Crippen MR) is 110 cm³/mol. The largest absolute Gasteiger partial charge is 0.298 e. The van der Waals surface area contributed by atoms with Gasteiger partial charge in [0.25, 0.3) is 5.91 Å². The molecule has 1 amide bonds. The van der Waals surface area contributed by atoms with Gasteiger partial charge in [-0.3, -0.25) is 10.1 Å². The van der Waals surface area contributed by atoms with Crippen molar-refractivity contribution in [2.75, 3.05) is 5.32 Å². The number of aryl methyl sites for hydroxylation is 3. The van der Waals surface area contributed by atoms with Gasteiger partial charge in [0.2, 0.25) is 0 Å². The van der Waals surface area contributed by atoms with E-state index >= 15 is 0 Å². The number of amides is 1. The number of anilines is 1. The van der Waals surface area contributed by atoms with E-state index in [2.05, 4.69) is 44.3 Å². The van der Waals surface area contributed by atoms with Gasteiger partial charge in [0.05, 0.1) is 5.69 Å². The molecule has 3 nitrogen and oxygen atoms in total. The first kappa shape index (κ1) is 18.6. The zero-order chi connectivity index (χ0) is 18.7. The highest BCUT2D eigenvalue weighted by molar-refractivity contribution is 7.16. The van der Waals surface area contributed by atoms with Crippen LogP contribution in [0.4, 0.5) is 5.13 Å². The van der Waals surface area contributed by atoms with E-state index < -0.39 is 0 Å². The van der Waals surface area contributed by atoms with E-state index in [9.17, 15) is 4.79 Å². The fourth-order valence-electron chi connectivity index (χ4n) is 2.80. The molecule has 0 saturated carbocycles. The summed E-state index contributed by atoms with van der Waals surface area (Å²) in [5.74, 6) is -0.197. The SMILES string of the molecule is CCCc1sc(NC(=O)c2cccc(Cl)c2)nc1-c1cc(C)ccc1C. The Bertz CT molecular complexity index is 949. The Morgan fingerprint density at radius 2 is 2.00 bits per heavy atom. The summed E-state index contributed by atoms with van der Waals surface area (Å²) in [5.41, 5.74) is 5.02. The van der Waals surface area contributed by atoms with Crippen LogP contribution in [0.3, 0.4) is 0 Å². The van der Waals surface area contributed by atoms with Crippen LogP contribution < -0.4 is 5.32 Å². The smallest absolute Gasteiger partial charge is 0.257 e. The van der Waals surface area contributed by atoms with Crippen LogP contribution in [-0.4, -0.2) is 10.9 Å². The van der Waals surface area contributed by atoms with Gasteiger partial charge in [0, 0.05) is 21.0 Å². The maximum Gasteiger partial charge on any atom is 0.257 e. The zero-order valence-electron chi connectivity index (χ0n) is 15.1. The molecule has 0 radical (unpaired) electrons. The van der Waals surface area contributed by atoms with Crippen molar-refractivity contribution in [1.29, 1.82) is 0 Å². The summed E-state index contributed by atoms with van der Waals surface area (Å²) in [4.78, 5) is 18.4. The molecule has 0 atom stereocenters. The molecule has 26 heavy (non-hydrogen) atoms. The molecule has 0 unspecified atom stereocenters. The normalized spacial score (nSPS) is 10.8. The second kappa shape index (κ2) is 8.02. The third-order valence-electron chi connectivity index (χ3n) is 4.13. The van der Waals surface area contributed by atoms with Gasteiger partial charge in [0.15, 0.2) is 5.13 Å². The van der Waals surface area contributed by atoms with Gasteiger partial charge in [-0.2, -0.15) is 0 Å². The van der Waals surface area contributed by atoms with Gasteiger partial charge < -0.3 is 0 Å². The number of benzene rings is 2. The minimum atomic E-state index is -0.197. The maximum atomic E-state index is 12.5. The van der Waals surface area contributed by atoms with Crippen molar-refractivity contribution < 1.29 is 4.79 Å². The zero-order valence-corrected chi connectivity index (χ0v) is 16.7. The lowest BCUT2D eigenvalue weighted by Crippen LogP contribution is -2.11. The fraction of sp³-hybridized carbons (Fsp3) is 0.238. The van der Waals surface area contributed by atoms with Crippen LogP contribution in [0.1, 0.15) is 39.7 Å². The lowest BCUT2D eigenvalue weighted by atomic mass is 10.0. The molecule has 0 fully saturated rings. The second-order valence-corrected chi connectivity index (χ2v) is 7.84. The van der Waals surface area contributed by atoms with Crippen LogP contribution in [0.25, 0.3) is 11.3 Å². The standard InChI is InChI=1S/C21H21ClN2OS/c1-4-6-18-19(17-11-13(2)9-10-14(17)3)23-21(26-18)24-20(25)15-7-5-8-16(22)12-15/h5,7-12H,4,6H2,1-3H3,(H,23,24,25). The molecule has 134 valence electrons. The van der Waals surface area contributed by atoms with Crippen molar-refractivity contribution in [2.24, 2.45) is 0 Å². The van der Waals surface area contributed by atoms with E-state index in [0.717, 1.165) is 24.1 Å². The van der Waals surface area contributed by atoms with Crippen molar-refractivity contribution in [3.8, 4) is 11.3 Å². The van der Waals surface area contributed by atoms with Gasteiger partial charge in [-0.15, -0.1) is 11.3 Å². The Hall–Kier alpha value is -2.17. The number of aromatic nitrogens is 1. The van der Waals surface area contributed by atoms with E-state index in [4.69, 9.17) is 16.6 Å². The second-order valence-electron chi connectivity index (χ2n) is 6.32. The van der Waals surface area contributed by atoms with Crippen LogP contribution in [-0.2, 0) is 6.42 Å².